The molecule has 0 bridgehead atoms. The van der Waals surface area contributed by atoms with Crippen LogP contribution in [0.25, 0.3) is 0 Å². The zero-order valence-electron chi connectivity index (χ0n) is 11.6. The molecule has 0 fully saturated rings. The highest BCUT2D eigenvalue weighted by molar-refractivity contribution is 7.19. The van der Waals surface area contributed by atoms with Gasteiger partial charge in [-0.05, 0) is 24.1 Å². The second-order valence-corrected chi connectivity index (χ2v) is 5.64. The van der Waals surface area contributed by atoms with Gasteiger partial charge >= 0.3 is 0 Å². The number of aromatic nitrogens is 1. The predicted octanol–water partition coefficient (Wildman–Crippen LogP) is 3.11. The van der Waals surface area contributed by atoms with Crippen LogP contribution in [0.4, 0.5) is 10.1 Å². The van der Waals surface area contributed by atoms with Gasteiger partial charge in [0.2, 0.25) is 0 Å². The number of nitrogens with zero attached hydrogens (tertiary/aromatic N) is 1. The number of nitrogen functional groups attached to an aromatic ring is 1. The van der Waals surface area contributed by atoms with Crippen LogP contribution in [-0.2, 0) is 0 Å². The van der Waals surface area contributed by atoms with Gasteiger partial charge in [0, 0.05) is 5.56 Å². The largest absolute Gasteiger partial charge is 0.497 e. The van der Waals surface area contributed by atoms with E-state index in [4.69, 9.17) is 10.5 Å². The van der Waals surface area contributed by atoms with Gasteiger partial charge < -0.3 is 10.5 Å². The Labute approximate surface area is 121 Å². The van der Waals surface area contributed by atoms with E-state index >= 15 is 0 Å². The topological polar surface area (TPSA) is 77.2 Å². The number of rotatable bonds is 4. The van der Waals surface area contributed by atoms with E-state index in [1.54, 1.807) is 31.4 Å². The van der Waals surface area contributed by atoms with Crippen LogP contribution in [0.3, 0.4) is 0 Å². The molecular weight excluding hydrogens is 274 g/mol. The lowest BCUT2D eigenvalue weighted by atomic mass is 10.1. The van der Waals surface area contributed by atoms with Crippen molar-refractivity contribution in [2.75, 3.05) is 18.2 Å². The normalized spacial score (nSPS) is 10.6. The minimum absolute atomic E-state index is 0.229. The van der Waals surface area contributed by atoms with Gasteiger partial charge in [0.1, 0.15) is 10.8 Å². The molecule has 1 amide bonds. The van der Waals surface area contributed by atoms with Crippen molar-refractivity contribution in [3.63, 3.8) is 0 Å². The maximum atomic E-state index is 12.1. The first-order valence-electron chi connectivity index (χ1n) is 6.23. The average molecular weight is 291 g/mol. The fraction of sp³-hybridized carbons (Fsp3) is 0.286. The summed E-state index contributed by atoms with van der Waals surface area (Å²) in [6.45, 7) is 4.03. The fourth-order valence-corrected chi connectivity index (χ4v) is 2.63. The van der Waals surface area contributed by atoms with Gasteiger partial charge in [-0.2, -0.15) is 0 Å². The summed E-state index contributed by atoms with van der Waals surface area (Å²) in [5, 5.41) is 3.91. The number of thiazole rings is 1. The molecule has 3 N–H and O–H groups in total. The molecule has 1 aromatic heterocycles. The number of nitrogens with one attached hydrogen (secondary N) is 1. The first kappa shape index (κ1) is 14.3. The molecule has 1 heterocycles. The summed E-state index contributed by atoms with van der Waals surface area (Å²) in [6, 6.07) is 6.95. The third kappa shape index (κ3) is 3.08. The molecule has 0 saturated carbocycles. The molecule has 0 aliphatic heterocycles. The fourth-order valence-electron chi connectivity index (χ4n) is 1.74. The molecule has 0 atom stereocenters. The summed E-state index contributed by atoms with van der Waals surface area (Å²) in [5.41, 5.74) is 7.22. The van der Waals surface area contributed by atoms with Gasteiger partial charge in [-0.3, -0.25) is 10.1 Å². The second-order valence-electron chi connectivity index (χ2n) is 4.61. The van der Waals surface area contributed by atoms with E-state index in [2.05, 4.69) is 10.3 Å². The Balaban J connectivity index is 2.17. The Morgan fingerprint density at radius 1 is 1.45 bits per heavy atom. The maximum Gasteiger partial charge on any atom is 0.257 e. The van der Waals surface area contributed by atoms with Crippen molar-refractivity contribution in [1.82, 2.24) is 4.98 Å². The van der Waals surface area contributed by atoms with Crippen LogP contribution < -0.4 is 15.8 Å². The van der Waals surface area contributed by atoms with Crippen LogP contribution in [0.1, 0.15) is 35.8 Å². The summed E-state index contributed by atoms with van der Waals surface area (Å²) < 4.78 is 5.10. The first-order valence-corrected chi connectivity index (χ1v) is 7.04. The number of carbonyl (C=O) groups excluding carboxylic acids is 1. The van der Waals surface area contributed by atoms with Crippen LogP contribution >= 0.6 is 11.3 Å². The molecule has 0 aliphatic carbocycles. The van der Waals surface area contributed by atoms with E-state index < -0.39 is 0 Å². The third-order valence-corrected chi connectivity index (χ3v) is 3.60. The van der Waals surface area contributed by atoms with Crippen LogP contribution in [0.15, 0.2) is 24.3 Å². The zero-order valence-corrected chi connectivity index (χ0v) is 12.5. The van der Waals surface area contributed by atoms with E-state index in [1.165, 1.54) is 11.3 Å². The maximum absolute atomic E-state index is 12.1. The van der Waals surface area contributed by atoms with Gasteiger partial charge in [-0.25, -0.2) is 4.98 Å². The number of benzene rings is 1. The minimum atomic E-state index is -0.229. The van der Waals surface area contributed by atoms with Gasteiger partial charge in [-0.15, -0.1) is 0 Å². The van der Waals surface area contributed by atoms with E-state index in [0.29, 0.717) is 21.4 Å². The van der Waals surface area contributed by atoms with E-state index in [1.807, 2.05) is 13.8 Å². The molecule has 0 unspecified atom stereocenters. The standard InChI is InChI=1S/C14H17N3O2S/c1-8(2)11-12(15)20-14(16-11)17-13(18)9-5-4-6-10(7-9)19-3/h4-8H,15H2,1-3H3,(H,16,17,18). The zero-order chi connectivity index (χ0) is 14.7. The molecule has 0 saturated heterocycles. The minimum Gasteiger partial charge on any atom is -0.497 e. The van der Waals surface area contributed by atoms with Crippen LogP contribution in [-0.4, -0.2) is 18.0 Å². The Morgan fingerprint density at radius 2 is 2.20 bits per heavy atom. The van der Waals surface area contributed by atoms with E-state index in [0.717, 1.165) is 5.69 Å². The van der Waals surface area contributed by atoms with Gasteiger partial charge in [0.05, 0.1) is 12.8 Å². The number of ether oxygens (including phenoxy) is 1. The lowest BCUT2D eigenvalue weighted by molar-refractivity contribution is 0.102. The number of hydrogen-bond donors (Lipinski definition) is 2. The van der Waals surface area contributed by atoms with Gasteiger partial charge in [-0.1, -0.05) is 31.3 Å². The molecule has 0 aliphatic rings. The van der Waals surface area contributed by atoms with Crippen LogP contribution in [0, 0.1) is 0 Å². The number of hydrogen-bond acceptors (Lipinski definition) is 5. The molecule has 0 radical (unpaired) electrons. The smallest absolute Gasteiger partial charge is 0.257 e. The van der Waals surface area contributed by atoms with Crippen molar-refractivity contribution in [2.45, 2.75) is 19.8 Å². The van der Waals surface area contributed by atoms with Crippen molar-refractivity contribution >= 4 is 27.4 Å². The molecular formula is C14H17N3O2S. The highest BCUT2D eigenvalue weighted by Crippen LogP contribution is 2.30. The Morgan fingerprint density at radius 3 is 2.80 bits per heavy atom. The predicted molar refractivity (Wildman–Crippen MR) is 81.6 cm³/mol. The average Bonchev–Trinajstić information content (AvgIpc) is 2.79. The van der Waals surface area contributed by atoms with E-state index in [9.17, 15) is 4.79 Å². The lowest BCUT2D eigenvalue weighted by Gasteiger charge is -2.04. The van der Waals surface area contributed by atoms with Gasteiger partial charge in [0.25, 0.3) is 5.91 Å². The lowest BCUT2D eigenvalue weighted by Crippen LogP contribution is -2.11. The van der Waals surface area contributed by atoms with Crippen LogP contribution in [0.5, 0.6) is 5.75 Å². The highest BCUT2D eigenvalue weighted by atomic mass is 32.1. The highest BCUT2D eigenvalue weighted by Gasteiger charge is 2.14. The summed E-state index contributed by atoms with van der Waals surface area (Å²) in [4.78, 5) is 16.5. The van der Waals surface area contributed by atoms with Gasteiger partial charge in [0.15, 0.2) is 5.13 Å². The summed E-state index contributed by atoms with van der Waals surface area (Å²) in [6.07, 6.45) is 0. The number of carbonyl (C=O) groups is 1. The number of amides is 1. The first-order chi connectivity index (χ1) is 9.51. The van der Waals surface area contributed by atoms with Crippen molar-refractivity contribution in [3.8, 4) is 5.75 Å². The molecule has 1 aromatic carbocycles. The molecule has 20 heavy (non-hydrogen) atoms. The van der Waals surface area contributed by atoms with Crippen molar-refractivity contribution < 1.29 is 9.53 Å². The van der Waals surface area contributed by atoms with Crippen LogP contribution in [0.2, 0.25) is 0 Å². The number of methoxy groups -OCH3 is 1. The molecule has 6 heteroatoms. The Kier molecular flexibility index (Phi) is 4.24. The quantitative estimate of drug-likeness (QED) is 0.907. The molecule has 106 valence electrons. The Bertz CT molecular complexity index is 623. The van der Waals surface area contributed by atoms with Crippen molar-refractivity contribution in [3.05, 3.63) is 35.5 Å². The summed E-state index contributed by atoms with van der Waals surface area (Å²) >= 11 is 1.28. The molecule has 2 rings (SSSR count). The second kappa shape index (κ2) is 5.92. The third-order valence-electron chi connectivity index (χ3n) is 2.78. The van der Waals surface area contributed by atoms with Crippen molar-refractivity contribution in [1.29, 1.82) is 0 Å². The monoisotopic (exact) mass is 291 g/mol. The number of nitrogens with two attached hydrogens (primary N) is 1. The van der Waals surface area contributed by atoms with Crippen molar-refractivity contribution in [2.24, 2.45) is 0 Å². The molecule has 0 spiro atoms. The summed E-state index contributed by atoms with van der Waals surface area (Å²) in [7, 11) is 1.56. The Hall–Kier alpha value is -2.08. The summed E-state index contributed by atoms with van der Waals surface area (Å²) in [5.74, 6) is 0.640. The number of anilines is 2. The van der Waals surface area contributed by atoms with E-state index in [-0.39, 0.29) is 11.8 Å². The molecule has 2 aromatic rings. The molecule has 5 nitrogen and oxygen atoms in total. The SMILES string of the molecule is COc1cccc(C(=O)Nc2nc(C(C)C)c(N)s2)c1.